The molecule has 8 nitrogen and oxygen atoms in total. The number of carbonyl (C=O) groups is 1. The van der Waals surface area contributed by atoms with Gasteiger partial charge in [-0.15, -0.1) is 0 Å². The summed E-state index contributed by atoms with van der Waals surface area (Å²) in [4.78, 5) is 18.4. The van der Waals surface area contributed by atoms with Crippen molar-refractivity contribution in [2.45, 2.75) is 24.7 Å². The standard InChI is InChI=1S/C18H23N3O5S/c1-13-17(26-12-19-13)18(22)21-9-3-4-14(11-21)10-20-27(23,24)16-7-5-15(25-2)6-8-16/h5-8,12,14,20H,3-4,9-11H2,1-2H3. The third-order valence-electron chi connectivity index (χ3n) is 4.68. The summed E-state index contributed by atoms with van der Waals surface area (Å²) >= 11 is 0. The highest BCUT2D eigenvalue weighted by Gasteiger charge is 2.28. The molecule has 1 aliphatic heterocycles. The summed E-state index contributed by atoms with van der Waals surface area (Å²) in [6, 6.07) is 6.22. The Morgan fingerprint density at radius 3 is 2.74 bits per heavy atom. The van der Waals surface area contributed by atoms with Gasteiger partial charge in [-0.1, -0.05) is 0 Å². The molecule has 1 aromatic carbocycles. The summed E-state index contributed by atoms with van der Waals surface area (Å²) in [7, 11) is -2.08. The van der Waals surface area contributed by atoms with E-state index in [9.17, 15) is 13.2 Å². The Kier molecular flexibility index (Phi) is 5.81. The number of amides is 1. The van der Waals surface area contributed by atoms with E-state index in [1.165, 1.54) is 25.6 Å². The number of benzene rings is 1. The van der Waals surface area contributed by atoms with E-state index >= 15 is 0 Å². The molecule has 27 heavy (non-hydrogen) atoms. The monoisotopic (exact) mass is 393 g/mol. The summed E-state index contributed by atoms with van der Waals surface area (Å²) in [5.74, 6) is 0.680. The Bertz CT molecular complexity index is 892. The van der Waals surface area contributed by atoms with E-state index in [-0.39, 0.29) is 29.0 Å². The average molecular weight is 393 g/mol. The highest BCUT2D eigenvalue weighted by Crippen LogP contribution is 2.20. The minimum Gasteiger partial charge on any atom is -0.497 e. The molecule has 1 N–H and O–H groups in total. The van der Waals surface area contributed by atoms with Crippen LogP contribution in [0.3, 0.4) is 0 Å². The first-order chi connectivity index (χ1) is 12.9. The van der Waals surface area contributed by atoms with E-state index < -0.39 is 10.0 Å². The van der Waals surface area contributed by atoms with Gasteiger partial charge in [0.2, 0.25) is 15.8 Å². The molecule has 1 saturated heterocycles. The van der Waals surface area contributed by atoms with Crippen LogP contribution in [-0.2, 0) is 10.0 Å². The van der Waals surface area contributed by atoms with Crippen molar-refractivity contribution in [2.75, 3.05) is 26.7 Å². The molecule has 2 aromatic rings. The topological polar surface area (TPSA) is 102 Å². The van der Waals surface area contributed by atoms with Crippen LogP contribution in [0.25, 0.3) is 0 Å². The van der Waals surface area contributed by atoms with Gasteiger partial charge in [-0.2, -0.15) is 0 Å². The van der Waals surface area contributed by atoms with Gasteiger partial charge in [-0.05, 0) is 49.9 Å². The number of oxazole rings is 1. The second kappa shape index (κ2) is 8.10. The zero-order valence-electron chi connectivity index (χ0n) is 15.3. The summed E-state index contributed by atoms with van der Waals surface area (Å²) in [6.45, 7) is 3.10. The van der Waals surface area contributed by atoms with Gasteiger partial charge < -0.3 is 14.1 Å². The van der Waals surface area contributed by atoms with Crippen LogP contribution in [0.1, 0.15) is 29.1 Å². The minimum atomic E-state index is -3.61. The molecule has 0 saturated carbocycles. The molecule has 1 atom stereocenters. The molecule has 1 aliphatic rings. The number of nitrogens with zero attached hydrogens (tertiary/aromatic N) is 2. The number of rotatable bonds is 6. The fraction of sp³-hybridized carbons (Fsp3) is 0.444. The molecule has 9 heteroatoms. The fourth-order valence-electron chi connectivity index (χ4n) is 3.13. The molecule has 1 fully saturated rings. The first kappa shape index (κ1) is 19.4. The molecule has 3 rings (SSSR count). The average Bonchev–Trinajstić information content (AvgIpc) is 3.12. The number of likely N-dealkylation sites (tertiary alicyclic amines) is 1. The molecule has 1 unspecified atom stereocenters. The lowest BCUT2D eigenvalue weighted by Crippen LogP contribution is -2.43. The molecule has 0 spiro atoms. The van der Waals surface area contributed by atoms with Gasteiger partial charge in [0.25, 0.3) is 5.91 Å². The van der Waals surface area contributed by atoms with Crippen molar-refractivity contribution in [2.24, 2.45) is 5.92 Å². The summed E-state index contributed by atoms with van der Waals surface area (Å²) < 4.78 is 37.8. The maximum absolute atomic E-state index is 12.6. The smallest absolute Gasteiger partial charge is 0.291 e. The van der Waals surface area contributed by atoms with Crippen molar-refractivity contribution < 1.29 is 22.4 Å². The third-order valence-corrected chi connectivity index (χ3v) is 6.12. The van der Waals surface area contributed by atoms with Crippen molar-refractivity contribution in [3.63, 3.8) is 0 Å². The zero-order chi connectivity index (χ0) is 19.4. The van der Waals surface area contributed by atoms with E-state index in [0.717, 1.165) is 12.8 Å². The number of methoxy groups -OCH3 is 1. The van der Waals surface area contributed by atoms with Crippen molar-refractivity contribution in [3.05, 3.63) is 42.1 Å². The first-order valence-electron chi connectivity index (χ1n) is 8.74. The molecule has 1 aromatic heterocycles. The van der Waals surface area contributed by atoms with Crippen LogP contribution in [-0.4, -0.2) is 51.0 Å². The molecular formula is C18H23N3O5S. The Morgan fingerprint density at radius 1 is 1.37 bits per heavy atom. The van der Waals surface area contributed by atoms with E-state index in [4.69, 9.17) is 9.15 Å². The number of carbonyl (C=O) groups excluding carboxylic acids is 1. The van der Waals surface area contributed by atoms with Gasteiger partial charge in [-0.3, -0.25) is 4.79 Å². The number of nitrogens with one attached hydrogen (secondary N) is 1. The number of hydrogen-bond acceptors (Lipinski definition) is 6. The first-order valence-corrected chi connectivity index (χ1v) is 10.2. The number of ether oxygens (including phenoxy) is 1. The lowest BCUT2D eigenvalue weighted by molar-refractivity contribution is 0.0643. The molecule has 146 valence electrons. The van der Waals surface area contributed by atoms with Gasteiger partial charge in [0.05, 0.1) is 17.7 Å². The van der Waals surface area contributed by atoms with Gasteiger partial charge in [0, 0.05) is 19.6 Å². The van der Waals surface area contributed by atoms with E-state index in [1.807, 2.05) is 0 Å². The highest BCUT2D eigenvalue weighted by molar-refractivity contribution is 7.89. The van der Waals surface area contributed by atoms with Crippen molar-refractivity contribution in [1.29, 1.82) is 0 Å². The lowest BCUT2D eigenvalue weighted by Gasteiger charge is -2.32. The molecule has 1 amide bonds. The Hall–Kier alpha value is -2.39. The molecule has 0 radical (unpaired) electrons. The van der Waals surface area contributed by atoms with Crippen LogP contribution in [0.15, 0.2) is 40.0 Å². The Balaban J connectivity index is 1.60. The van der Waals surface area contributed by atoms with Crippen LogP contribution < -0.4 is 9.46 Å². The van der Waals surface area contributed by atoms with Crippen LogP contribution in [0.5, 0.6) is 5.75 Å². The van der Waals surface area contributed by atoms with E-state index in [2.05, 4.69) is 9.71 Å². The van der Waals surface area contributed by atoms with Crippen molar-refractivity contribution in [1.82, 2.24) is 14.6 Å². The summed E-state index contributed by atoms with van der Waals surface area (Å²) in [5.41, 5.74) is 0.558. The van der Waals surface area contributed by atoms with E-state index in [1.54, 1.807) is 24.0 Å². The molecule has 0 aliphatic carbocycles. The van der Waals surface area contributed by atoms with Crippen LogP contribution >= 0.6 is 0 Å². The fourth-order valence-corrected chi connectivity index (χ4v) is 4.25. The van der Waals surface area contributed by atoms with Crippen LogP contribution in [0.4, 0.5) is 0 Å². The van der Waals surface area contributed by atoms with Gasteiger partial charge in [-0.25, -0.2) is 18.1 Å². The number of sulfonamides is 1. The predicted molar refractivity (Wildman–Crippen MR) is 98.1 cm³/mol. The normalized spacial score (nSPS) is 17.7. The van der Waals surface area contributed by atoms with Gasteiger partial charge >= 0.3 is 0 Å². The van der Waals surface area contributed by atoms with Gasteiger partial charge in [0.15, 0.2) is 6.39 Å². The quantitative estimate of drug-likeness (QED) is 0.803. The zero-order valence-corrected chi connectivity index (χ0v) is 16.2. The van der Waals surface area contributed by atoms with Crippen LogP contribution in [0, 0.1) is 12.8 Å². The number of aryl methyl sites for hydroxylation is 1. The number of hydrogen-bond donors (Lipinski definition) is 1. The summed E-state index contributed by atoms with van der Waals surface area (Å²) in [5, 5.41) is 0. The molecule has 0 bridgehead atoms. The van der Waals surface area contributed by atoms with Crippen molar-refractivity contribution >= 4 is 15.9 Å². The maximum Gasteiger partial charge on any atom is 0.291 e. The SMILES string of the molecule is COc1ccc(S(=O)(=O)NCC2CCCN(C(=O)c3ocnc3C)C2)cc1. The maximum atomic E-state index is 12.6. The second-order valence-electron chi connectivity index (χ2n) is 6.55. The van der Waals surface area contributed by atoms with Gasteiger partial charge in [0.1, 0.15) is 5.75 Å². The molecule has 2 heterocycles. The molecular weight excluding hydrogens is 370 g/mol. The lowest BCUT2D eigenvalue weighted by atomic mass is 9.98. The van der Waals surface area contributed by atoms with E-state index in [0.29, 0.717) is 24.5 Å². The Labute approximate surface area is 158 Å². The predicted octanol–water partition coefficient (Wildman–Crippen LogP) is 1.82. The third kappa shape index (κ3) is 4.48. The number of aromatic nitrogens is 1. The second-order valence-corrected chi connectivity index (χ2v) is 8.32. The summed E-state index contributed by atoms with van der Waals surface area (Å²) in [6.07, 6.45) is 2.92. The van der Waals surface area contributed by atoms with Crippen LogP contribution in [0.2, 0.25) is 0 Å². The number of piperidine rings is 1. The highest BCUT2D eigenvalue weighted by atomic mass is 32.2. The largest absolute Gasteiger partial charge is 0.497 e. The minimum absolute atomic E-state index is 0.0407. The van der Waals surface area contributed by atoms with Crippen molar-refractivity contribution in [3.8, 4) is 5.75 Å². The Morgan fingerprint density at radius 2 is 2.11 bits per heavy atom.